The minimum absolute atomic E-state index is 0.0507. The Bertz CT molecular complexity index is 1280. The Morgan fingerprint density at radius 1 is 1.08 bits per heavy atom. The lowest BCUT2D eigenvalue weighted by Crippen LogP contribution is -2.42. The van der Waals surface area contributed by atoms with Crippen molar-refractivity contribution in [3.8, 4) is 0 Å². The average molecular weight is 532 g/mol. The Kier molecular flexibility index (Phi) is 8.00. The molecular weight excluding hydrogens is 498 g/mol. The van der Waals surface area contributed by atoms with Crippen molar-refractivity contribution in [3.05, 3.63) is 93.7 Å². The van der Waals surface area contributed by atoms with Crippen LogP contribution in [0.25, 0.3) is 0 Å². The van der Waals surface area contributed by atoms with Crippen LogP contribution in [-0.2, 0) is 25.7 Å². The van der Waals surface area contributed by atoms with Crippen molar-refractivity contribution in [2.24, 2.45) is 4.99 Å². The fourth-order valence-electron chi connectivity index (χ4n) is 4.89. The molecule has 0 saturated carbocycles. The molecule has 8 heteroatoms. The van der Waals surface area contributed by atoms with Crippen molar-refractivity contribution >= 4 is 28.8 Å². The van der Waals surface area contributed by atoms with E-state index in [1.807, 2.05) is 52.5 Å². The van der Waals surface area contributed by atoms with Gasteiger partial charge in [-0.15, -0.1) is 0 Å². The lowest BCUT2D eigenvalue weighted by molar-refractivity contribution is -0.141. The van der Waals surface area contributed by atoms with E-state index < -0.39 is 12.0 Å². The maximum atomic E-state index is 13.6. The smallest absolute Gasteiger partial charge is 0.338 e. The number of hydrogen-bond donors (Lipinski definition) is 0. The number of ether oxygens (including phenoxy) is 2. The summed E-state index contributed by atoms with van der Waals surface area (Å²) in [4.78, 5) is 35.5. The van der Waals surface area contributed by atoms with E-state index in [1.54, 1.807) is 0 Å². The number of nitrogens with zero attached hydrogens (tertiary/aromatic N) is 3. The molecule has 0 N–H and O–H groups in total. The van der Waals surface area contributed by atoms with Gasteiger partial charge in [0.05, 0.1) is 36.9 Å². The number of amides is 1. The lowest BCUT2D eigenvalue weighted by Gasteiger charge is -2.37. The van der Waals surface area contributed by atoms with Crippen LogP contribution < -0.4 is 0 Å². The number of thioether (sulfide) groups is 1. The van der Waals surface area contributed by atoms with E-state index in [0.29, 0.717) is 43.5 Å². The third-order valence-electron chi connectivity index (χ3n) is 7.05. The zero-order valence-corrected chi connectivity index (χ0v) is 22.9. The van der Waals surface area contributed by atoms with Crippen molar-refractivity contribution in [2.75, 3.05) is 26.3 Å². The molecule has 3 aliphatic heterocycles. The van der Waals surface area contributed by atoms with Crippen LogP contribution in [0.1, 0.15) is 55.8 Å². The molecule has 0 aromatic heterocycles. The number of benzene rings is 2. The Hall–Kier alpha value is -3.36. The highest BCUT2D eigenvalue weighted by Gasteiger charge is 2.41. The van der Waals surface area contributed by atoms with Gasteiger partial charge in [0.1, 0.15) is 6.61 Å². The van der Waals surface area contributed by atoms with Crippen molar-refractivity contribution in [1.82, 2.24) is 9.80 Å². The van der Waals surface area contributed by atoms with Gasteiger partial charge in [0.2, 0.25) is 5.91 Å². The van der Waals surface area contributed by atoms with Crippen LogP contribution in [0.4, 0.5) is 0 Å². The number of carbonyl (C=O) groups excluding carboxylic acids is 2. The number of esters is 1. The number of hydrogen-bond acceptors (Lipinski definition) is 7. The van der Waals surface area contributed by atoms with E-state index in [1.165, 1.54) is 17.3 Å². The topological polar surface area (TPSA) is 71.4 Å². The second kappa shape index (κ2) is 11.6. The van der Waals surface area contributed by atoms with Gasteiger partial charge in [-0.25, -0.2) is 9.79 Å². The minimum Gasteiger partial charge on any atom is -0.457 e. The number of aliphatic imine (C=N–C) groups is 1. The van der Waals surface area contributed by atoms with E-state index in [4.69, 9.17) is 14.5 Å². The number of morpholine rings is 1. The summed E-state index contributed by atoms with van der Waals surface area (Å²) in [6, 6.07) is 17.6. The molecule has 0 aliphatic carbocycles. The average Bonchev–Trinajstić information content (AvgIpc) is 3.33. The third kappa shape index (κ3) is 5.56. The third-order valence-corrected chi connectivity index (χ3v) is 7.94. The summed E-state index contributed by atoms with van der Waals surface area (Å²) in [5, 5.41) is 2.75. The monoisotopic (exact) mass is 531 g/mol. The van der Waals surface area contributed by atoms with E-state index in [9.17, 15) is 9.59 Å². The molecule has 2 aromatic rings. The predicted molar refractivity (Wildman–Crippen MR) is 149 cm³/mol. The van der Waals surface area contributed by atoms with Gasteiger partial charge in [-0.3, -0.25) is 4.79 Å². The van der Waals surface area contributed by atoms with Crippen LogP contribution in [0.15, 0.2) is 82.0 Å². The SMILES string of the molecule is CC1=C(C(=O)OCc2ccccc2)[C@H](c2ccc(C(C)C)cc2)N2C(CC(=O)N3CCOCC3)=CSC2=N1. The van der Waals surface area contributed by atoms with Crippen LogP contribution in [0.2, 0.25) is 0 Å². The molecule has 1 amide bonds. The molecule has 7 nitrogen and oxygen atoms in total. The van der Waals surface area contributed by atoms with Crippen LogP contribution in [0, 0.1) is 0 Å². The maximum Gasteiger partial charge on any atom is 0.338 e. The number of fused-ring (bicyclic) bond motifs is 1. The van der Waals surface area contributed by atoms with E-state index in [2.05, 4.69) is 38.1 Å². The number of amidine groups is 1. The molecule has 1 fully saturated rings. The van der Waals surface area contributed by atoms with Crippen molar-refractivity contribution in [1.29, 1.82) is 0 Å². The summed E-state index contributed by atoms with van der Waals surface area (Å²) in [6.45, 7) is 8.65. The van der Waals surface area contributed by atoms with E-state index >= 15 is 0 Å². The van der Waals surface area contributed by atoms with Gasteiger partial charge in [-0.05, 0) is 34.9 Å². The summed E-state index contributed by atoms with van der Waals surface area (Å²) < 4.78 is 11.2. The number of carbonyl (C=O) groups is 2. The first-order chi connectivity index (χ1) is 18.4. The van der Waals surface area contributed by atoms with Gasteiger partial charge in [-0.2, -0.15) is 0 Å². The fourth-order valence-corrected chi connectivity index (χ4v) is 5.85. The van der Waals surface area contributed by atoms with Crippen molar-refractivity contribution < 1.29 is 19.1 Å². The van der Waals surface area contributed by atoms with Crippen LogP contribution in [0.3, 0.4) is 0 Å². The lowest BCUT2D eigenvalue weighted by atomic mass is 9.92. The largest absolute Gasteiger partial charge is 0.457 e. The highest BCUT2D eigenvalue weighted by Crippen LogP contribution is 2.45. The second-order valence-electron chi connectivity index (χ2n) is 9.95. The zero-order valence-electron chi connectivity index (χ0n) is 22.1. The summed E-state index contributed by atoms with van der Waals surface area (Å²) in [6.07, 6.45) is 0.234. The highest BCUT2D eigenvalue weighted by molar-refractivity contribution is 8.16. The number of allylic oxidation sites excluding steroid dienone is 1. The molecule has 3 aliphatic rings. The predicted octanol–water partition coefficient (Wildman–Crippen LogP) is 5.38. The molecule has 1 saturated heterocycles. The maximum absolute atomic E-state index is 13.6. The van der Waals surface area contributed by atoms with Gasteiger partial charge in [-0.1, -0.05) is 80.2 Å². The quantitative estimate of drug-likeness (QED) is 0.447. The number of rotatable bonds is 7. The van der Waals surface area contributed by atoms with Gasteiger partial charge < -0.3 is 19.3 Å². The molecule has 5 rings (SSSR count). The molecule has 1 atom stereocenters. The normalized spacial score (nSPS) is 19.3. The van der Waals surface area contributed by atoms with Crippen LogP contribution in [-0.4, -0.2) is 53.1 Å². The van der Waals surface area contributed by atoms with Gasteiger partial charge in [0.15, 0.2) is 5.17 Å². The summed E-state index contributed by atoms with van der Waals surface area (Å²) in [5.41, 5.74) is 5.07. The summed E-state index contributed by atoms with van der Waals surface area (Å²) in [7, 11) is 0. The molecule has 198 valence electrons. The van der Waals surface area contributed by atoms with E-state index in [-0.39, 0.29) is 18.9 Å². The molecule has 3 heterocycles. The first-order valence-corrected chi connectivity index (χ1v) is 13.9. The Labute approximate surface area is 228 Å². The summed E-state index contributed by atoms with van der Waals surface area (Å²) >= 11 is 1.49. The summed E-state index contributed by atoms with van der Waals surface area (Å²) in [5.74, 6) is 0.0432. The second-order valence-corrected chi connectivity index (χ2v) is 10.8. The molecule has 0 unspecified atom stereocenters. The minimum atomic E-state index is -0.439. The Morgan fingerprint density at radius 2 is 1.79 bits per heavy atom. The van der Waals surface area contributed by atoms with Gasteiger partial charge in [0, 0.05) is 18.8 Å². The molecule has 0 radical (unpaired) electrons. The van der Waals surface area contributed by atoms with Gasteiger partial charge >= 0.3 is 5.97 Å². The molecule has 0 spiro atoms. The van der Waals surface area contributed by atoms with Crippen LogP contribution in [0.5, 0.6) is 0 Å². The zero-order chi connectivity index (χ0) is 26.6. The van der Waals surface area contributed by atoms with Crippen LogP contribution >= 0.6 is 11.8 Å². The highest BCUT2D eigenvalue weighted by atomic mass is 32.2. The molecule has 2 aromatic carbocycles. The van der Waals surface area contributed by atoms with E-state index in [0.717, 1.165) is 22.0 Å². The molecular formula is C30H33N3O4S. The first kappa shape index (κ1) is 26.3. The standard InChI is InChI=1S/C30H33N3O4S/c1-20(2)23-9-11-24(12-10-23)28-27(29(35)37-18-22-7-5-4-6-8-22)21(3)31-30-33(28)25(19-38-30)17-26(34)32-13-15-36-16-14-32/h4-12,19-20,28H,13-18H2,1-3H3/t28-/m0/s1. The fraction of sp³-hybridized carbons (Fsp3) is 0.367. The molecule has 0 bridgehead atoms. The van der Waals surface area contributed by atoms with Crippen molar-refractivity contribution in [2.45, 2.75) is 45.8 Å². The molecule has 38 heavy (non-hydrogen) atoms. The van der Waals surface area contributed by atoms with Gasteiger partial charge in [0.25, 0.3) is 0 Å². The first-order valence-electron chi connectivity index (χ1n) is 13.0. The Balaban J connectivity index is 1.46. The van der Waals surface area contributed by atoms with Crippen molar-refractivity contribution in [3.63, 3.8) is 0 Å². The Morgan fingerprint density at radius 3 is 2.47 bits per heavy atom.